The lowest BCUT2D eigenvalue weighted by Crippen LogP contribution is -2.15. The molecule has 0 radical (unpaired) electrons. The second kappa shape index (κ2) is 7.74. The molecule has 0 aliphatic carbocycles. The fraction of sp³-hybridized carbons (Fsp3) is 0.308. The van der Waals surface area contributed by atoms with Crippen LogP contribution in [0.3, 0.4) is 0 Å². The van der Waals surface area contributed by atoms with E-state index in [1.807, 2.05) is 6.92 Å². The number of rotatable bonds is 6. The SMILES string of the molecule is CC(O)C(C)Sc1nc(Nc2ccc(S(N)(=O)=O)nc2)ncc1Br. The maximum absolute atomic E-state index is 11.2. The van der Waals surface area contributed by atoms with Crippen molar-refractivity contribution in [2.24, 2.45) is 5.14 Å². The van der Waals surface area contributed by atoms with Gasteiger partial charge in [0.05, 0.1) is 22.5 Å². The van der Waals surface area contributed by atoms with Crippen LogP contribution in [0.15, 0.2) is 39.1 Å². The van der Waals surface area contributed by atoms with Crippen molar-refractivity contribution in [3.05, 3.63) is 29.0 Å². The molecule has 2 heterocycles. The van der Waals surface area contributed by atoms with E-state index in [0.29, 0.717) is 21.1 Å². The van der Waals surface area contributed by atoms with E-state index in [1.54, 1.807) is 13.1 Å². The molecule has 8 nitrogen and oxygen atoms in total. The largest absolute Gasteiger partial charge is 0.392 e. The minimum Gasteiger partial charge on any atom is -0.392 e. The van der Waals surface area contributed by atoms with Gasteiger partial charge in [-0.25, -0.2) is 28.5 Å². The summed E-state index contributed by atoms with van der Waals surface area (Å²) in [6.45, 7) is 3.61. The van der Waals surface area contributed by atoms with E-state index in [-0.39, 0.29) is 10.3 Å². The van der Waals surface area contributed by atoms with Crippen molar-refractivity contribution < 1.29 is 13.5 Å². The maximum atomic E-state index is 11.2. The van der Waals surface area contributed by atoms with Gasteiger partial charge >= 0.3 is 0 Å². The second-order valence-corrected chi connectivity index (χ2v) is 8.69. The smallest absolute Gasteiger partial charge is 0.255 e. The molecule has 0 spiro atoms. The molecule has 0 amide bonds. The van der Waals surface area contributed by atoms with Crippen LogP contribution in [-0.4, -0.2) is 39.8 Å². The standard InChI is InChI=1S/C13H16BrN5O3S2/c1-7(20)8(2)23-12-10(14)6-17-13(19-12)18-9-3-4-11(16-5-9)24(15,21)22/h3-8,20H,1-2H3,(H2,15,21,22)(H,17,18,19). The minimum atomic E-state index is -3.83. The van der Waals surface area contributed by atoms with Crippen LogP contribution in [0.5, 0.6) is 0 Å². The first-order valence-corrected chi connectivity index (χ1v) is 10.0. The molecule has 2 unspecified atom stereocenters. The first kappa shape index (κ1) is 19.1. The highest BCUT2D eigenvalue weighted by atomic mass is 79.9. The predicted octanol–water partition coefficient (Wildman–Crippen LogP) is 1.89. The number of halogens is 1. The predicted molar refractivity (Wildman–Crippen MR) is 95.6 cm³/mol. The maximum Gasteiger partial charge on any atom is 0.255 e. The van der Waals surface area contributed by atoms with Gasteiger partial charge in [0, 0.05) is 11.4 Å². The van der Waals surface area contributed by atoms with E-state index in [1.165, 1.54) is 30.1 Å². The van der Waals surface area contributed by atoms with Crippen LogP contribution >= 0.6 is 27.7 Å². The van der Waals surface area contributed by atoms with Crippen molar-refractivity contribution in [2.45, 2.75) is 35.3 Å². The molecule has 0 aliphatic rings. The number of pyridine rings is 1. The molecule has 130 valence electrons. The fourth-order valence-corrected chi connectivity index (χ4v) is 3.30. The number of thioether (sulfide) groups is 1. The molecule has 4 N–H and O–H groups in total. The van der Waals surface area contributed by atoms with Gasteiger partial charge in [0.1, 0.15) is 5.03 Å². The van der Waals surface area contributed by atoms with Gasteiger partial charge in [0.15, 0.2) is 5.03 Å². The van der Waals surface area contributed by atoms with Gasteiger partial charge in [-0.3, -0.25) is 0 Å². The second-order valence-electron chi connectivity index (χ2n) is 4.97. The lowest BCUT2D eigenvalue weighted by Gasteiger charge is -2.14. The first-order valence-electron chi connectivity index (χ1n) is 6.80. The zero-order valence-corrected chi connectivity index (χ0v) is 16.1. The molecule has 2 rings (SSSR count). The highest BCUT2D eigenvalue weighted by Gasteiger charge is 2.15. The number of anilines is 2. The van der Waals surface area contributed by atoms with E-state index < -0.39 is 16.1 Å². The van der Waals surface area contributed by atoms with Gasteiger partial charge in [-0.1, -0.05) is 18.7 Å². The Bertz CT molecular complexity index is 815. The average Bonchev–Trinajstić information content (AvgIpc) is 2.50. The molecule has 2 atom stereocenters. The number of hydrogen-bond acceptors (Lipinski definition) is 8. The molecule has 11 heteroatoms. The van der Waals surface area contributed by atoms with Gasteiger partial charge in [-0.2, -0.15) is 0 Å². The van der Waals surface area contributed by atoms with Gasteiger partial charge in [-0.15, -0.1) is 0 Å². The summed E-state index contributed by atoms with van der Waals surface area (Å²) in [6, 6.07) is 2.81. The van der Waals surface area contributed by atoms with Crippen LogP contribution in [0.4, 0.5) is 11.6 Å². The number of aliphatic hydroxyl groups is 1. The third kappa shape index (κ3) is 5.11. The number of nitrogens with two attached hydrogens (primary N) is 1. The number of hydrogen-bond donors (Lipinski definition) is 3. The summed E-state index contributed by atoms with van der Waals surface area (Å²) in [7, 11) is -3.83. The minimum absolute atomic E-state index is 0.0419. The van der Waals surface area contributed by atoms with Crippen LogP contribution in [0, 0.1) is 0 Å². The number of primary sulfonamides is 1. The molecule has 0 aromatic carbocycles. The van der Waals surface area contributed by atoms with Crippen molar-refractivity contribution in [2.75, 3.05) is 5.32 Å². The summed E-state index contributed by atoms with van der Waals surface area (Å²) >= 11 is 4.79. The molecule has 0 aliphatic heterocycles. The molecule has 24 heavy (non-hydrogen) atoms. The third-order valence-corrected chi connectivity index (χ3v) is 5.94. The van der Waals surface area contributed by atoms with Gasteiger partial charge in [0.25, 0.3) is 10.0 Å². The van der Waals surface area contributed by atoms with Gasteiger partial charge in [0.2, 0.25) is 5.95 Å². The lowest BCUT2D eigenvalue weighted by atomic mass is 10.3. The number of sulfonamides is 1. The topological polar surface area (TPSA) is 131 Å². The van der Waals surface area contributed by atoms with E-state index in [9.17, 15) is 13.5 Å². The van der Waals surface area contributed by atoms with Crippen molar-refractivity contribution in [1.29, 1.82) is 0 Å². The monoisotopic (exact) mass is 433 g/mol. The first-order chi connectivity index (χ1) is 11.2. The summed E-state index contributed by atoms with van der Waals surface area (Å²) in [6.07, 6.45) is 2.44. The third-order valence-electron chi connectivity index (χ3n) is 2.97. The van der Waals surface area contributed by atoms with E-state index >= 15 is 0 Å². The Morgan fingerprint density at radius 2 is 2.00 bits per heavy atom. The van der Waals surface area contributed by atoms with E-state index in [0.717, 1.165) is 0 Å². The van der Waals surface area contributed by atoms with Crippen LogP contribution in [0.1, 0.15) is 13.8 Å². The zero-order chi connectivity index (χ0) is 17.9. The molecule has 0 saturated heterocycles. The molecule has 2 aromatic heterocycles. The molecule has 0 saturated carbocycles. The summed E-state index contributed by atoms with van der Waals surface area (Å²) < 4.78 is 23.1. The van der Waals surface area contributed by atoms with Gasteiger partial charge in [-0.05, 0) is 35.0 Å². The van der Waals surface area contributed by atoms with E-state index in [4.69, 9.17) is 5.14 Å². The summed E-state index contributed by atoms with van der Waals surface area (Å²) in [4.78, 5) is 12.3. The highest BCUT2D eigenvalue weighted by Crippen LogP contribution is 2.30. The van der Waals surface area contributed by atoms with Crippen LogP contribution in [0.25, 0.3) is 0 Å². The Balaban J connectivity index is 2.18. The van der Waals surface area contributed by atoms with Crippen LogP contribution < -0.4 is 10.5 Å². The van der Waals surface area contributed by atoms with Gasteiger partial charge < -0.3 is 10.4 Å². The Labute approximate surface area is 152 Å². The van der Waals surface area contributed by atoms with E-state index in [2.05, 4.69) is 36.2 Å². The quantitative estimate of drug-likeness (QED) is 0.464. The number of aromatic nitrogens is 3. The van der Waals surface area contributed by atoms with Crippen molar-refractivity contribution in [3.8, 4) is 0 Å². The average molecular weight is 434 g/mol. The molecular weight excluding hydrogens is 418 g/mol. The Kier molecular flexibility index (Phi) is 6.15. The fourth-order valence-electron chi connectivity index (χ4n) is 1.52. The molecular formula is C13H16BrN5O3S2. The zero-order valence-electron chi connectivity index (χ0n) is 12.8. The van der Waals surface area contributed by atoms with Crippen molar-refractivity contribution >= 4 is 49.4 Å². The number of nitrogens with one attached hydrogen (secondary N) is 1. The Hall–Kier alpha value is -1.27. The number of nitrogens with zero attached hydrogens (tertiary/aromatic N) is 3. The summed E-state index contributed by atoms with van der Waals surface area (Å²) in [5.74, 6) is 0.323. The van der Waals surface area contributed by atoms with Crippen molar-refractivity contribution in [3.63, 3.8) is 0 Å². The highest BCUT2D eigenvalue weighted by molar-refractivity contribution is 9.10. The Morgan fingerprint density at radius 1 is 1.29 bits per heavy atom. The normalized spacial score (nSPS) is 14.2. The van der Waals surface area contributed by atoms with Crippen LogP contribution in [-0.2, 0) is 10.0 Å². The lowest BCUT2D eigenvalue weighted by molar-refractivity contribution is 0.196. The molecule has 0 bridgehead atoms. The molecule has 0 fully saturated rings. The molecule has 2 aromatic rings. The summed E-state index contributed by atoms with van der Waals surface area (Å²) in [5, 5.41) is 18.0. The van der Waals surface area contributed by atoms with Crippen LogP contribution in [0.2, 0.25) is 0 Å². The Morgan fingerprint density at radius 3 is 2.54 bits per heavy atom. The van der Waals surface area contributed by atoms with Crippen molar-refractivity contribution in [1.82, 2.24) is 15.0 Å². The number of aliphatic hydroxyl groups excluding tert-OH is 1. The summed E-state index contributed by atoms with van der Waals surface area (Å²) in [5.41, 5.74) is 0.518.